The van der Waals surface area contributed by atoms with Gasteiger partial charge in [-0.05, 0) is 77.7 Å². The summed E-state index contributed by atoms with van der Waals surface area (Å²) < 4.78 is 6.37. The highest BCUT2D eigenvalue weighted by molar-refractivity contribution is 5.11. The maximum atomic E-state index is 6.37. The molecule has 3 rings (SSSR count). The third kappa shape index (κ3) is 2.54. The molecule has 116 valence electrons. The quantitative estimate of drug-likeness (QED) is 0.821. The van der Waals surface area contributed by atoms with Crippen LogP contribution in [0.4, 0.5) is 0 Å². The van der Waals surface area contributed by atoms with Crippen LogP contribution >= 0.6 is 0 Å². The number of nitrogens with one attached hydrogen (secondary N) is 1. The maximum Gasteiger partial charge on any atom is 0.0677 e. The Morgan fingerprint density at radius 2 is 1.80 bits per heavy atom. The molecule has 4 unspecified atom stereocenters. The van der Waals surface area contributed by atoms with E-state index in [1.165, 1.54) is 32.1 Å². The third-order valence-corrected chi connectivity index (χ3v) is 6.09. The lowest BCUT2D eigenvalue weighted by Crippen LogP contribution is -2.46. The lowest BCUT2D eigenvalue weighted by Gasteiger charge is -2.35. The largest absolute Gasteiger partial charge is 0.369 e. The molecule has 0 amide bonds. The van der Waals surface area contributed by atoms with Crippen molar-refractivity contribution in [1.29, 1.82) is 0 Å². The van der Waals surface area contributed by atoms with Crippen LogP contribution in [0, 0.1) is 23.7 Å². The summed E-state index contributed by atoms with van der Waals surface area (Å²) in [6, 6.07) is 0.682. The van der Waals surface area contributed by atoms with Crippen molar-refractivity contribution in [2.24, 2.45) is 23.7 Å². The van der Waals surface area contributed by atoms with Crippen LogP contribution in [-0.4, -0.2) is 23.8 Å². The molecular formula is C18H33NO. The van der Waals surface area contributed by atoms with Crippen molar-refractivity contribution in [3.8, 4) is 0 Å². The van der Waals surface area contributed by atoms with Gasteiger partial charge in [0.1, 0.15) is 0 Å². The topological polar surface area (TPSA) is 21.3 Å². The fourth-order valence-electron chi connectivity index (χ4n) is 5.43. The van der Waals surface area contributed by atoms with Crippen LogP contribution in [0.2, 0.25) is 0 Å². The van der Waals surface area contributed by atoms with Crippen molar-refractivity contribution in [3.05, 3.63) is 0 Å². The van der Waals surface area contributed by atoms with Gasteiger partial charge in [0.15, 0.2) is 0 Å². The Balaban J connectivity index is 1.75. The molecule has 3 aliphatic rings. The Hall–Kier alpha value is -0.0800. The molecule has 1 saturated heterocycles. The smallest absolute Gasteiger partial charge is 0.0677 e. The third-order valence-electron chi connectivity index (χ3n) is 6.09. The maximum absolute atomic E-state index is 6.37. The molecule has 3 fully saturated rings. The summed E-state index contributed by atoms with van der Waals surface area (Å²) in [5, 5.41) is 3.92. The van der Waals surface area contributed by atoms with E-state index < -0.39 is 0 Å². The van der Waals surface area contributed by atoms with Gasteiger partial charge in [-0.2, -0.15) is 0 Å². The van der Waals surface area contributed by atoms with Crippen LogP contribution < -0.4 is 5.32 Å². The van der Waals surface area contributed by atoms with Gasteiger partial charge in [0, 0.05) is 12.0 Å². The number of hydrogen-bond acceptors (Lipinski definition) is 2. The average molecular weight is 279 g/mol. The van der Waals surface area contributed by atoms with E-state index in [9.17, 15) is 0 Å². The van der Waals surface area contributed by atoms with Crippen molar-refractivity contribution >= 4 is 0 Å². The zero-order chi connectivity index (χ0) is 14.5. The minimum absolute atomic E-state index is 0.0196. The van der Waals surface area contributed by atoms with Crippen LogP contribution in [0.5, 0.6) is 0 Å². The second kappa shape index (κ2) is 4.98. The van der Waals surface area contributed by atoms with E-state index in [0.29, 0.717) is 12.0 Å². The fourth-order valence-corrected chi connectivity index (χ4v) is 5.43. The lowest BCUT2D eigenvalue weighted by atomic mass is 9.78. The normalized spacial score (nSPS) is 42.5. The van der Waals surface area contributed by atoms with Gasteiger partial charge in [-0.3, -0.25) is 0 Å². The minimum atomic E-state index is 0.0196. The fraction of sp³-hybridized carbons (Fsp3) is 1.00. The van der Waals surface area contributed by atoms with Gasteiger partial charge >= 0.3 is 0 Å². The number of fused-ring (bicyclic) bond motifs is 1. The summed E-state index contributed by atoms with van der Waals surface area (Å²) in [5.41, 5.74) is 0.0656. The molecule has 1 N–H and O–H groups in total. The zero-order valence-corrected chi connectivity index (χ0v) is 14.0. The molecule has 0 bridgehead atoms. The highest BCUT2D eigenvalue weighted by atomic mass is 16.5. The first kappa shape index (κ1) is 14.8. The Labute approximate surface area is 125 Å². The second-order valence-corrected chi connectivity index (χ2v) is 8.59. The lowest BCUT2D eigenvalue weighted by molar-refractivity contribution is -0.0787. The predicted molar refractivity (Wildman–Crippen MR) is 83.8 cm³/mol. The summed E-state index contributed by atoms with van der Waals surface area (Å²) in [4.78, 5) is 0. The molecule has 2 aliphatic carbocycles. The van der Waals surface area contributed by atoms with E-state index in [2.05, 4.69) is 39.9 Å². The van der Waals surface area contributed by atoms with Crippen LogP contribution in [0.3, 0.4) is 0 Å². The first-order chi connectivity index (χ1) is 9.36. The van der Waals surface area contributed by atoms with Crippen molar-refractivity contribution in [2.75, 3.05) is 6.54 Å². The van der Waals surface area contributed by atoms with Crippen molar-refractivity contribution in [2.45, 2.75) is 84.0 Å². The second-order valence-electron chi connectivity index (χ2n) is 8.59. The van der Waals surface area contributed by atoms with Gasteiger partial charge in [-0.15, -0.1) is 0 Å². The van der Waals surface area contributed by atoms with E-state index in [1.807, 2.05) is 0 Å². The molecule has 0 radical (unpaired) electrons. The van der Waals surface area contributed by atoms with Gasteiger partial charge in [0.2, 0.25) is 0 Å². The molecule has 1 heterocycles. The molecule has 2 heteroatoms. The van der Waals surface area contributed by atoms with Crippen LogP contribution in [0.15, 0.2) is 0 Å². The molecule has 2 saturated carbocycles. The van der Waals surface area contributed by atoms with Crippen molar-refractivity contribution in [1.82, 2.24) is 5.32 Å². The molecule has 4 atom stereocenters. The summed E-state index contributed by atoms with van der Waals surface area (Å²) in [6.45, 7) is 12.6. The standard InChI is InChI=1S/C18H33NO/c1-6-10-19-16(15-12-8-7-9-13(12)15)14-11-17(2,3)20-18(14,4)5/h12-16,19H,6-11H2,1-5H3. The molecule has 20 heavy (non-hydrogen) atoms. The zero-order valence-electron chi connectivity index (χ0n) is 14.0. The minimum Gasteiger partial charge on any atom is -0.369 e. The Kier molecular flexibility index (Phi) is 3.70. The van der Waals surface area contributed by atoms with Gasteiger partial charge in [-0.1, -0.05) is 13.3 Å². The molecule has 0 aromatic carbocycles. The number of hydrogen-bond donors (Lipinski definition) is 1. The van der Waals surface area contributed by atoms with E-state index in [4.69, 9.17) is 4.74 Å². The monoisotopic (exact) mass is 279 g/mol. The Morgan fingerprint density at radius 3 is 2.30 bits per heavy atom. The molecule has 2 nitrogen and oxygen atoms in total. The average Bonchev–Trinajstić information content (AvgIpc) is 2.70. The van der Waals surface area contributed by atoms with E-state index in [0.717, 1.165) is 24.3 Å². The molecule has 0 spiro atoms. The molecule has 0 aromatic rings. The summed E-state index contributed by atoms with van der Waals surface area (Å²) in [7, 11) is 0. The van der Waals surface area contributed by atoms with Gasteiger partial charge in [0.25, 0.3) is 0 Å². The van der Waals surface area contributed by atoms with E-state index in [-0.39, 0.29) is 11.2 Å². The number of rotatable bonds is 5. The first-order valence-corrected chi connectivity index (χ1v) is 8.79. The SMILES string of the molecule is CCCNC(C1C2CCCC21)C1CC(C)(C)OC1(C)C. The van der Waals surface area contributed by atoms with Crippen LogP contribution in [0.25, 0.3) is 0 Å². The van der Waals surface area contributed by atoms with Gasteiger partial charge in [0.05, 0.1) is 11.2 Å². The Morgan fingerprint density at radius 1 is 1.15 bits per heavy atom. The van der Waals surface area contributed by atoms with Gasteiger partial charge < -0.3 is 10.1 Å². The summed E-state index contributed by atoms with van der Waals surface area (Å²) >= 11 is 0. The van der Waals surface area contributed by atoms with E-state index in [1.54, 1.807) is 0 Å². The van der Waals surface area contributed by atoms with Crippen LogP contribution in [-0.2, 0) is 4.74 Å². The molecular weight excluding hydrogens is 246 g/mol. The van der Waals surface area contributed by atoms with Gasteiger partial charge in [-0.25, -0.2) is 0 Å². The van der Waals surface area contributed by atoms with E-state index >= 15 is 0 Å². The van der Waals surface area contributed by atoms with Crippen LogP contribution in [0.1, 0.15) is 66.7 Å². The van der Waals surface area contributed by atoms with Crippen molar-refractivity contribution in [3.63, 3.8) is 0 Å². The first-order valence-electron chi connectivity index (χ1n) is 8.79. The Bertz CT molecular complexity index is 352. The predicted octanol–water partition coefficient (Wildman–Crippen LogP) is 3.99. The van der Waals surface area contributed by atoms with Crippen molar-refractivity contribution < 1.29 is 4.74 Å². The molecule has 1 aliphatic heterocycles. The summed E-state index contributed by atoms with van der Waals surface area (Å²) in [6.07, 6.45) is 6.88. The number of ether oxygens (including phenoxy) is 1. The highest BCUT2D eigenvalue weighted by Crippen LogP contribution is 2.61. The molecule has 0 aromatic heterocycles. The highest BCUT2D eigenvalue weighted by Gasteiger charge is 2.60. The summed E-state index contributed by atoms with van der Waals surface area (Å²) in [5.74, 6) is 3.67.